The van der Waals surface area contributed by atoms with Crippen LogP contribution in [-0.4, -0.2) is 39.7 Å². The number of aliphatic hydroxyl groups excluding tert-OH is 1. The van der Waals surface area contributed by atoms with Gasteiger partial charge in [0.1, 0.15) is 12.4 Å². The van der Waals surface area contributed by atoms with Gasteiger partial charge in [-0.3, -0.25) is 9.69 Å². The van der Waals surface area contributed by atoms with E-state index in [0.717, 1.165) is 43.0 Å². The van der Waals surface area contributed by atoms with Crippen LogP contribution in [0.3, 0.4) is 0 Å². The van der Waals surface area contributed by atoms with Gasteiger partial charge in [0.25, 0.3) is 5.56 Å². The van der Waals surface area contributed by atoms with E-state index in [2.05, 4.69) is 32.8 Å². The molecule has 24 heavy (non-hydrogen) atoms. The summed E-state index contributed by atoms with van der Waals surface area (Å²) in [6.45, 7) is 4.60. The van der Waals surface area contributed by atoms with Crippen LogP contribution in [0.5, 0.6) is 0 Å². The Balaban J connectivity index is 1.67. The highest BCUT2D eigenvalue weighted by Gasteiger charge is 2.23. The summed E-state index contributed by atoms with van der Waals surface area (Å²) >= 11 is 1.67. The van der Waals surface area contributed by atoms with Crippen LogP contribution >= 0.6 is 11.3 Å². The second kappa shape index (κ2) is 7.75. The standard InChI is InChI=1S/C18H21N3O2S/c1-13-19-17(10-18(23)20-13)14-4-2-8-21(11-14)12-16-7-6-15(24-16)5-3-9-22/h6-7,10,14,22H,2,4,8-9,11-12H2,1H3,(H,19,20,23)/t14-/m1/s1. The summed E-state index contributed by atoms with van der Waals surface area (Å²) in [5.41, 5.74) is 0.835. The molecule has 3 rings (SSSR count). The lowest BCUT2D eigenvalue weighted by Gasteiger charge is -2.32. The van der Waals surface area contributed by atoms with Crippen molar-refractivity contribution in [2.75, 3.05) is 19.7 Å². The van der Waals surface area contributed by atoms with Gasteiger partial charge in [-0.25, -0.2) is 4.98 Å². The molecule has 6 heteroatoms. The van der Waals surface area contributed by atoms with E-state index < -0.39 is 0 Å². The molecule has 0 saturated carbocycles. The number of hydrogen-bond donors (Lipinski definition) is 2. The molecule has 2 N–H and O–H groups in total. The Kier molecular flexibility index (Phi) is 5.46. The summed E-state index contributed by atoms with van der Waals surface area (Å²) in [5.74, 6) is 6.63. The summed E-state index contributed by atoms with van der Waals surface area (Å²) in [7, 11) is 0. The Bertz CT molecular complexity index is 815. The predicted octanol–water partition coefficient (Wildman–Crippen LogP) is 1.86. The number of H-pyrrole nitrogens is 1. The number of aromatic amines is 1. The number of hydrogen-bond acceptors (Lipinski definition) is 5. The lowest BCUT2D eigenvalue weighted by atomic mass is 9.94. The van der Waals surface area contributed by atoms with Crippen LogP contribution in [0.25, 0.3) is 0 Å². The normalized spacial score (nSPS) is 18.2. The van der Waals surface area contributed by atoms with Gasteiger partial charge < -0.3 is 10.1 Å². The number of thiophene rings is 1. The molecule has 2 aromatic heterocycles. The van der Waals surface area contributed by atoms with Crippen molar-refractivity contribution in [3.05, 3.63) is 49.8 Å². The number of nitrogens with zero attached hydrogens (tertiary/aromatic N) is 2. The molecule has 1 aliphatic heterocycles. The van der Waals surface area contributed by atoms with E-state index in [1.54, 1.807) is 17.4 Å². The molecule has 0 amide bonds. The quantitative estimate of drug-likeness (QED) is 0.835. The average molecular weight is 343 g/mol. The highest BCUT2D eigenvalue weighted by molar-refractivity contribution is 7.12. The topological polar surface area (TPSA) is 69.2 Å². The molecule has 0 spiro atoms. The highest BCUT2D eigenvalue weighted by atomic mass is 32.1. The number of rotatable bonds is 3. The lowest BCUT2D eigenvalue weighted by Crippen LogP contribution is -2.34. The third-order valence-electron chi connectivity index (χ3n) is 4.14. The zero-order chi connectivity index (χ0) is 16.9. The Hall–Kier alpha value is -1.94. The van der Waals surface area contributed by atoms with Crippen LogP contribution in [0.15, 0.2) is 23.0 Å². The number of piperidine rings is 1. The summed E-state index contributed by atoms with van der Waals surface area (Å²) in [4.78, 5) is 23.6. The minimum Gasteiger partial charge on any atom is -0.384 e. The van der Waals surface area contributed by atoms with Gasteiger partial charge in [0.2, 0.25) is 0 Å². The van der Waals surface area contributed by atoms with Gasteiger partial charge in [-0.05, 0) is 38.4 Å². The smallest absolute Gasteiger partial charge is 0.251 e. The molecule has 126 valence electrons. The van der Waals surface area contributed by atoms with Crippen molar-refractivity contribution >= 4 is 11.3 Å². The molecule has 3 heterocycles. The summed E-state index contributed by atoms with van der Waals surface area (Å²) in [6, 6.07) is 5.74. The van der Waals surface area contributed by atoms with Crippen LogP contribution in [0.4, 0.5) is 0 Å². The molecule has 1 fully saturated rings. The molecule has 0 radical (unpaired) electrons. The fraction of sp³-hybridized carbons (Fsp3) is 0.444. The zero-order valence-electron chi connectivity index (χ0n) is 13.7. The van der Waals surface area contributed by atoms with Gasteiger partial charge in [0.05, 0.1) is 10.6 Å². The molecule has 0 aliphatic carbocycles. The molecule has 1 aliphatic rings. The molecule has 5 nitrogen and oxygen atoms in total. The lowest BCUT2D eigenvalue weighted by molar-refractivity contribution is 0.200. The van der Waals surface area contributed by atoms with Crippen LogP contribution in [-0.2, 0) is 6.54 Å². The molecule has 0 bridgehead atoms. The molecule has 0 aromatic carbocycles. The average Bonchev–Trinajstić information content (AvgIpc) is 2.99. The Labute approximate surface area is 145 Å². The maximum absolute atomic E-state index is 11.7. The van der Waals surface area contributed by atoms with Gasteiger partial charge >= 0.3 is 0 Å². The summed E-state index contributed by atoms with van der Waals surface area (Å²) < 4.78 is 0. The SMILES string of the molecule is Cc1nc([C@@H]2CCCN(Cc3ccc(C#CCO)s3)C2)cc(=O)[nH]1. The first-order valence-corrected chi connectivity index (χ1v) is 8.94. The van der Waals surface area contributed by atoms with Crippen molar-refractivity contribution < 1.29 is 5.11 Å². The minimum atomic E-state index is -0.107. The van der Waals surface area contributed by atoms with Crippen LogP contribution in [0, 0.1) is 18.8 Å². The third-order valence-corrected chi connectivity index (χ3v) is 5.12. The van der Waals surface area contributed by atoms with Gasteiger partial charge in [-0.1, -0.05) is 11.8 Å². The van der Waals surface area contributed by atoms with Gasteiger partial charge in [-0.15, -0.1) is 11.3 Å². The summed E-state index contributed by atoms with van der Waals surface area (Å²) in [5, 5.41) is 8.76. The molecule has 1 atom stereocenters. The second-order valence-electron chi connectivity index (χ2n) is 6.06. The molecular formula is C18H21N3O2S. The van der Waals surface area contributed by atoms with Crippen molar-refractivity contribution in [3.63, 3.8) is 0 Å². The van der Waals surface area contributed by atoms with E-state index in [1.165, 1.54) is 4.88 Å². The van der Waals surface area contributed by atoms with Crippen molar-refractivity contribution in [1.82, 2.24) is 14.9 Å². The fourth-order valence-corrected chi connectivity index (χ4v) is 4.05. The number of nitrogens with one attached hydrogen (secondary N) is 1. The third kappa shape index (κ3) is 4.32. The monoisotopic (exact) mass is 343 g/mol. The maximum atomic E-state index is 11.7. The molecule has 1 saturated heterocycles. The molecule has 0 unspecified atom stereocenters. The van der Waals surface area contributed by atoms with E-state index in [4.69, 9.17) is 5.11 Å². The van der Waals surface area contributed by atoms with Gasteiger partial charge in [-0.2, -0.15) is 0 Å². The first-order chi connectivity index (χ1) is 11.6. The largest absolute Gasteiger partial charge is 0.384 e. The minimum absolute atomic E-state index is 0.0695. The van der Waals surface area contributed by atoms with E-state index >= 15 is 0 Å². The number of aryl methyl sites for hydroxylation is 1. The van der Waals surface area contributed by atoms with Crippen molar-refractivity contribution in [1.29, 1.82) is 0 Å². The first kappa shape index (κ1) is 16.9. The second-order valence-corrected chi connectivity index (χ2v) is 7.22. The van der Waals surface area contributed by atoms with E-state index in [1.807, 2.05) is 13.0 Å². The van der Waals surface area contributed by atoms with Crippen LogP contribution in [0.1, 0.15) is 40.0 Å². The Morgan fingerprint density at radius 3 is 3.17 bits per heavy atom. The van der Waals surface area contributed by atoms with Gasteiger partial charge in [0, 0.05) is 30.0 Å². The van der Waals surface area contributed by atoms with E-state index in [-0.39, 0.29) is 12.2 Å². The Morgan fingerprint density at radius 1 is 1.50 bits per heavy atom. The van der Waals surface area contributed by atoms with E-state index in [9.17, 15) is 4.79 Å². The number of aromatic nitrogens is 2. The number of aliphatic hydroxyl groups is 1. The van der Waals surface area contributed by atoms with Crippen molar-refractivity contribution in [2.45, 2.75) is 32.2 Å². The summed E-state index contributed by atoms with van der Waals surface area (Å²) in [6.07, 6.45) is 2.19. The Morgan fingerprint density at radius 2 is 2.38 bits per heavy atom. The van der Waals surface area contributed by atoms with Crippen LogP contribution in [0.2, 0.25) is 0 Å². The van der Waals surface area contributed by atoms with Crippen molar-refractivity contribution in [3.8, 4) is 11.8 Å². The molecule has 2 aromatic rings. The van der Waals surface area contributed by atoms with Crippen molar-refractivity contribution in [2.24, 2.45) is 0 Å². The first-order valence-electron chi connectivity index (χ1n) is 8.12. The van der Waals surface area contributed by atoms with E-state index in [0.29, 0.717) is 11.7 Å². The van der Waals surface area contributed by atoms with Gasteiger partial charge in [0.15, 0.2) is 0 Å². The fourth-order valence-electron chi connectivity index (χ4n) is 3.13. The highest BCUT2D eigenvalue weighted by Crippen LogP contribution is 2.27. The predicted molar refractivity (Wildman–Crippen MR) is 95.1 cm³/mol. The number of likely N-dealkylation sites (tertiary alicyclic amines) is 1. The molecular weight excluding hydrogens is 322 g/mol. The van der Waals surface area contributed by atoms with Crippen LogP contribution < -0.4 is 5.56 Å². The maximum Gasteiger partial charge on any atom is 0.251 e. The zero-order valence-corrected chi connectivity index (χ0v) is 14.5.